The maximum atomic E-state index is 12.5. The van der Waals surface area contributed by atoms with Gasteiger partial charge in [-0.1, -0.05) is 17.7 Å². The lowest BCUT2D eigenvalue weighted by Gasteiger charge is -2.17. The zero-order chi connectivity index (χ0) is 14.8. The van der Waals surface area contributed by atoms with Gasteiger partial charge in [-0.05, 0) is 37.6 Å². The molecule has 1 aliphatic heterocycles. The Morgan fingerprint density at radius 3 is 3.00 bits per heavy atom. The second kappa shape index (κ2) is 5.69. The minimum Gasteiger partial charge on any atom is -0.342 e. The van der Waals surface area contributed by atoms with E-state index in [0.29, 0.717) is 23.9 Å². The second-order valence-electron chi connectivity index (χ2n) is 4.98. The summed E-state index contributed by atoms with van der Waals surface area (Å²) in [6.07, 6.45) is 2.39. The maximum Gasteiger partial charge on any atom is 0.249 e. The molecule has 0 spiro atoms. The highest BCUT2D eigenvalue weighted by Gasteiger charge is 2.33. The van der Waals surface area contributed by atoms with E-state index < -0.39 is 0 Å². The van der Waals surface area contributed by atoms with E-state index in [1.165, 1.54) is 0 Å². The van der Waals surface area contributed by atoms with Crippen LogP contribution in [0, 0.1) is 6.92 Å². The molecule has 0 bridgehead atoms. The summed E-state index contributed by atoms with van der Waals surface area (Å²) in [5.74, 6) is 0.503. The van der Waals surface area contributed by atoms with Gasteiger partial charge in [-0.15, -0.1) is 0 Å². The number of halogens is 1. The number of amides is 1. The zero-order valence-corrected chi connectivity index (χ0v) is 12.3. The van der Waals surface area contributed by atoms with Crippen molar-refractivity contribution in [2.24, 2.45) is 0 Å². The van der Waals surface area contributed by atoms with Crippen molar-refractivity contribution in [3.63, 3.8) is 0 Å². The lowest BCUT2D eigenvalue weighted by molar-refractivity contribution is -0.117. The first-order chi connectivity index (χ1) is 10.1. The monoisotopic (exact) mass is 302 g/mol. The van der Waals surface area contributed by atoms with Crippen molar-refractivity contribution in [2.45, 2.75) is 19.4 Å². The maximum absolute atomic E-state index is 12.5. The number of nitrogens with zero attached hydrogens (tertiary/aromatic N) is 3. The van der Waals surface area contributed by atoms with Crippen LogP contribution in [0.15, 0.2) is 36.5 Å². The van der Waals surface area contributed by atoms with Gasteiger partial charge >= 0.3 is 0 Å². The Morgan fingerprint density at radius 1 is 1.38 bits per heavy atom. The number of carbonyl (C=O) groups is 1. The lowest BCUT2D eigenvalue weighted by Crippen LogP contribution is -2.33. The van der Waals surface area contributed by atoms with E-state index in [-0.39, 0.29) is 11.9 Å². The van der Waals surface area contributed by atoms with Gasteiger partial charge in [-0.2, -0.15) is 0 Å². The molecule has 1 aliphatic rings. The third-order valence-corrected chi connectivity index (χ3v) is 3.66. The van der Waals surface area contributed by atoms with Crippen LogP contribution in [0.3, 0.4) is 0 Å². The predicted octanol–water partition coefficient (Wildman–Crippen LogP) is 2.66. The third kappa shape index (κ3) is 2.97. The van der Waals surface area contributed by atoms with Crippen LogP contribution in [0.5, 0.6) is 0 Å². The molecule has 1 saturated heterocycles. The fraction of sp³-hybridized carbons (Fsp3) is 0.267. The number of hydrogen-bond donors (Lipinski definition) is 1. The second-order valence-corrected chi connectivity index (χ2v) is 5.41. The Labute approximate surface area is 128 Å². The normalized spacial score (nSPS) is 18.1. The van der Waals surface area contributed by atoms with E-state index in [9.17, 15) is 4.79 Å². The summed E-state index contributed by atoms with van der Waals surface area (Å²) in [6, 6.07) is 8.84. The number of rotatable bonds is 3. The molecule has 1 fully saturated rings. The Kier molecular flexibility index (Phi) is 3.75. The fourth-order valence-electron chi connectivity index (χ4n) is 2.39. The molecule has 1 aromatic carbocycles. The van der Waals surface area contributed by atoms with Crippen molar-refractivity contribution in [1.82, 2.24) is 9.97 Å². The van der Waals surface area contributed by atoms with Crippen LogP contribution in [-0.4, -0.2) is 28.5 Å². The van der Waals surface area contributed by atoms with Crippen molar-refractivity contribution in [3.8, 4) is 0 Å². The van der Waals surface area contributed by atoms with Gasteiger partial charge < -0.3 is 10.2 Å². The summed E-state index contributed by atoms with van der Waals surface area (Å²) in [5, 5.41) is 3.72. The van der Waals surface area contributed by atoms with Crippen LogP contribution in [0.4, 0.5) is 11.6 Å². The molecule has 1 unspecified atom stereocenters. The van der Waals surface area contributed by atoms with Crippen LogP contribution in [0.1, 0.15) is 12.1 Å². The lowest BCUT2D eigenvalue weighted by atomic mass is 10.2. The molecule has 5 nitrogen and oxygen atoms in total. The standard InChI is InChI=1S/C15H15ClN4O/c1-10-5-7-17-15(18-10)19-13-6-8-20(14(13)21)12-4-2-3-11(16)9-12/h2-5,7,9,13H,6,8H2,1H3,(H,17,18,19). The van der Waals surface area contributed by atoms with Crippen LogP contribution < -0.4 is 10.2 Å². The summed E-state index contributed by atoms with van der Waals surface area (Å²) in [4.78, 5) is 22.6. The first-order valence-electron chi connectivity index (χ1n) is 6.76. The number of carbonyl (C=O) groups excluding carboxylic acids is 1. The highest BCUT2D eigenvalue weighted by atomic mass is 35.5. The molecule has 0 saturated carbocycles. The molecule has 1 N–H and O–H groups in total. The fourth-order valence-corrected chi connectivity index (χ4v) is 2.57. The van der Waals surface area contributed by atoms with Gasteiger partial charge in [0.25, 0.3) is 0 Å². The average molecular weight is 303 g/mol. The van der Waals surface area contributed by atoms with Gasteiger partial charge in [0.1, 0.15) is 6.04 Å². The molecule has 2 heterocycles. The summed E-state index contributed by atoms with van der Waals surface area (Å²) < 4.78 is 0. The first kappa shape index (κ1) is 13.8. The zero-order valence-electron chi connectivity index (χ0n) is 11.6. The Hall–Kier alpha value is -2.14. The van der Waals surface area contributed by atoms with Crippen molar-refractivity contribution in [2.75, 3.05) is 16.8 Å². The average Bonchev–Trinajstić information content (AvgIpc) is 2.80. The molecule has 0 radical (unpaired) electrons. The van der Waals surface area contributed by atoms with Crippen molar-refractivity contribution >= 4 is 29.1 Å². The van der Waals surface area contributed by atoms with E-state index in [2.05, 4.69) is 15.3 Å². The molecular weight excluding hydrogens is 288 g/mol. The Balaban J connectivity index is 1.75. The third-order valence-electron chi connectivity index (χ3n) is 3.42. The summed E-state index contributed by atoms with van der Waals surface area (Å²) >= 11 is 5.98. The van der Waals surface area contributed by atoms with Gasteiger partial charge in [0.2, 0.25) is 11.9 Å². The molecule has 3 rings (SSSR count). The van der Waals surface area contributed by atoms with Crippen molar-refractivity contribution in [3.05, 3.63) is 47.2 Å². The summed E-state index contributed by atoms with van der Waals surface area (Å²) in [7, 11) is 0. The quantitative estimate of drug-likeness (QED) is 0.947. The summed E-state index contributed by atoms with van der Waals surface area (Å²) in [5.41, 5.74) is 1.69. The van der Waals surface area contributed by atoms with Crippen LogP contribution in [0.25, 0.3) is 0 Å². The number of aryl methyl sites for hydroxylation is 1. The van der Waals surface area contributed by atoms with E-state index in [4.69, 9.17) is 11.6 Å². The number of anilines is 2. The van der Waals surface area contributed by atoms with E-state index in [0.717, 1.165) is 11.4 Å². The molecule has 1 amide bonds. The largest absolute Gasteiger partial charge is 0.342 e. The number of nitrogens with one attached hydrogen (secondary N) is 1. The molecule has 2 aromatic rings. The Morgan fingerprint density at radius 2 is 2.24 bits per heavy atom. The minimum absolute atomic E-state index is 0.0161. The van der Waals surface area contributed by atoms with Gasteiger partial charge in [0, 0.05) is 29.1 Å². The first-order valence-corrected chi connectivity index (χ1v) is 7.14. The van der Waals surface area contributed by atoms with Crippen molar-refractivity contribution < 1.29 is 4.79 Å². The molecule has 1 aromatic heterocycles. The van der Waals surface area contributed by atoms with Crippen molar-refractivity contribution in [1.29, 1.82) is 0 Å². The molecule has 108 valence electrons. The number of aromatic nitrogens is 2. The highest BCUT2D eigenvalue weighted by molar-refractivity contribution is 6.31. The van der Waals surface area contributed by atoms with Gasteiger partial charge in [-0.25, -0.2) is 9.97 Å². The van der Waals surface area contributed by atoms with Gasteiger partial charge in [0.15, 0.2) is 0 Å². The molecule has 21 heavy (non-hydrogen) atoms. The van der Waals surface area contributed by atoms with Crippen LogP contribution >= 0.6 is 11.6 Å². The van der Waals surface area contributed by atoms with Crippen LogP contribution in [-0.2, 0) is 4.79 Å². The molecule has 1 atom stereocenters. The predicted molar refractivity (Wildman–Crippen MR) is 82.6 cm³/mol. The minimum atomic E-state index is -0.300. The van der Waals surface area contributed by atoms with Gasteiger partial charge in [-0.3, -0.25) is 4.79 Å². The Bertz CT molecular complexity index is 676. The number of hydrogen-bond acceptors (Lipinski definition) is 4. The molecule has 0 aliphatic carbocycles. The van der Waals surface area contributed by atoms with Gasteiger partial charge in [0.05, 0.1) is 0 Å². The number of benzene rings is 1. The smallest absolute Gasteiger partial charge is 0.249 e. The molecule has 6 heteroatoms. The highest BCUT2D eigenvalue weighted by Crippen LogP contribution is 2.25. The summed E-state index contributed by atoms with van der Waals surface area (Å²) in [6.45, 7) is 2.55. The topological polar surface area (TPSA) is 58.1 Å². The van der Waals surface area contributed by atoms with E-state index in [1.54, 1.807) is 23.2 Å². The van der Waals surface area contributed by atoms with Crippen LogP contribution in [0.2, 0.25) is 5.02 Å². The van der Waals surface area contributed by atoms with E-state index >= 15 is 0 Å². The van der Waals surface area contributed by atoms with E-state index in [1.807, 2.05) is 25.1 Å². The SMILES string of the molecule is Cc1ccnc(NC2CCN(c3cccc(Cl)c3)C2=O)n1. The molecular formula is C15H15ClN4O.